The molecule has 3 N–H and O–H groups in total. The first-order valence-corrected chi connectivity index (χ1v) is 9.31. The molecule has 2 unspecified atom stereocenters. The number of rotatable bonds is 6. The van der Waals surface area contributed by atoms with Crippen LogP contribution in [0.3, 0.4) is 0 Å². The average molecular weight is 310 g/mol. The third-order valence-corrected chi connectivity index (χ3v) is 5.70. The lowest BCUT2D eigenvalue weighted by atomic mass is 9.88. The zero-order valence-electron chi connectivity index (χ0n) is 12.7. The molecular formula is C16H26N2O2S. The summed E-state index contributed by atoms with van der Waals surface area (Å²) in [6.07, 6.45) is 6.00. The molecule has 5 heteroatoms. The molecular weight excluding hydrogens is 284 g/mol. The van der Waals surface area contributed by atoms with Crippen molar-refractivity contribution in [1.29, 1.82) is 0 Å². The van der Waals surface area contributed by atoms with Crippen LogP contribution in [0.15, 0.2) is 29.2 Å². The highest BCUT2D eigenvalue weighted by Gasteiger charge is 2.24. The second kappa shape index (κ2) is 7.38. The van der Waals surface area contributed by atoms with Gasteiger partial charge in [0, 0.05) is 6.04 Å². The third kappa shape index (κ3) is 4.80. The van der Waals surface area contributed by atoms with Crippen LogP contribution in [-0.2, 0) is 16.4 Å². The molecule has 1 fully saturated rings. The second-order valence-electron chi connectivity index (χ2n) is 6.13. The predicted molar refractivity (Wildman–Crippen MR) is 85.6 cm³/mol. The molecule has 1 aromatic rings. The van der Waals surface area contributed by atoms with E-state index in [9.17, 15) is 8.42 Å². The van der Waals surface area contributed by atoms with E-state index in [2.05, 4.69) is 11.6 Å². The van der Waals surface area contributed by atoms with Gasteiger partial charge >= 0.3 is 0 Å². The van der Waals surface area contributed by atoms with Gasteiger partial charge in [-0.25, -0.2) is 13.1 Å². The molecule has 1 saturated carbocycles. The zero-order valence-corrected chi connectivity index (χ0v) is 13.5. The fourth-order valence-electron chi connectivity index (χ4n) is 2.97. The maximum atomic E-state index is 12.4. The normalized spacial score (nSPS) is 23.1. The van der Waals surface area contributed by atoms with Crippen LogP contribution in [0.5, 0.6) is 0 Å². The van der Waals surface area contributed by atoms with Gasteiger partial charge in [0.2, 0.25) is 10.0 Å². The number of benzene rings is 1. The molecule has 21 heavy (non-hydrogen) atoms. The molecule has 1 aliphatic carbocycles. The molecule has 0 aromatic heterocycles. The minimum Gasteiger partial charge on any atom is -0.330 e. The largest absolute Gasteiger partial charge is 0.330 e. The quantitative estimate of drug-likeness (QED) is 0.847. The monoisotopic (exact) mass is 310 g/mol. The topological polar surface area (TPSA) is 72.2 Å². The van der Waals surface area contributed by atoms with Crippen LogP contribution in [0, 0.1) is 5.92 Å². The summed E-state index contributed by atoms with van der Waals surface area (Å²) in [4.78, 5) is 0.359. The van der Waals surface area contributed by atoms with E-state index < -0.39 is 10.0 Å². The Balaban J connectivity index is 2.01. The minimum atomic E-state index is -3.40. The molecule has 0 spiro atoms. The summed E-state index contributed by atoms with van der Waals surface area (Å²) in [6, 6.07) is 7.23. The number of nitrogens with one attached hydrogen (secondary N) is 1. The number of hydrogen-bond acceptors (Lipinski definition) is 3. The minimum absolute atomic E-state index is 0.0793. The van der Waals surface area contributed by atoms with Gasteiger partial charge in [-0.1, -0.05) is 31.9 Å². The van der Waals surface area contributed by atoms with Gasteiger partial charge in [0.15, 0.2) is 0 Å². The van der Waals surface area contributed by atoms with E-state index in [-0.39, 0.29) is 6.04 Å². The summed E-state index contributed by atoms with van der Waals surface area (Å²) in [7, 11) is -3.40. The highest BCUT2D eigenvalue weighted by Crippen LogP contribution is 2.25. The first kappa shape index (κ1) is 16.5. The van der Waals surface area contributed by atoms with Crippen molar-refractivity contribution in [3.05, 3.63) is 29.8 Å². The molecule has 0 radical (unpaired) electrons. The zero-order chi connectivity index (χ0) is 15.3. The van der Waals surface area contributed by atoms with Gasteiger partial charge in [0.1, 0.15) is 0 Å². The Labute approximate surface area is 128 Å². The SMILES string of the molecule is CC1CCCC(NS(=O)(=O)c2ccc(CCCN)cc2)C1. The smallest absolute Gasteiger partial charge is 0.240 e. The van der Waals surface area contributed by atoms with Crippen LogP contribution < -0.4 is 10.5 Å². The first-order chi connectivity index (χ1) is 10.0. The highest BCUT2D eigenvalue weighted by molar-refractivity contribution is 7.89. The molecule has 0 aliphatic heterocycles. The fraction of sp³-hybridized carbons (Fsp3) is 0.625. The van der Waals surface area contributed by atoms with Gasteiger partial charge in [-0.15, -0.1) is 0 Å². The average Bonchev–Trinajstić information content (AvgIpc) is 2.45. The molecule has 0 amide bonds. The van der Waals surface area contributed by atoms with Gasteiger partial charge in [-0.2, -0.15) is 0 Å². The Hall–Kier alpha value is -0.910. The van der Waals surface area contributed by atoms with Crippen LogP contribution in [0.1, 0.15) is 44.6 Å². The van der Waals surface area contributed by atoms with Crippen molar-refractivity contribution < 1.29 is 8.42 Å². The summed E-state index contributed by atoms with van der Waals surface area (Å²) in [5, 5.41) is 0. The molecule has 0 bridgehead atoms. The summed E-state index contributed by atoms with van der Waals surface area (Å²) >= 11 is 0. The van der Waals surface area contributed by atoms with Crippen molar-refractivity contribution in [3.63, 3.8) is 0 Å². The second-order valence-corrected chi connectivity index (χ2v) is 7.84. The van der Waals surface area contributed by atoms with Crippen molar-refractivity contribution >= 4 is 10.0 Å². The maximum absolute atomic E-state index is 12.4. The number of sulfonamides is 1. The van der Waals surface area contributed by atoms with E-state index in [1.54, 1.807) is 12.1 Å². The van der Waals surface area contributed by atoms with Crippen LogP contribution in [0.4, 0.5) is 0 Å². The lowest BCUT2D eigenvalue weighted by Crippen LogP contribution is -2.37. The van der Waals surface area contributed by atoms with Crippen molar-refractivity contribution in [2.24, 2.45) is 11.7 Å². The van der Waals surface area contributed by atoms with Gasteiger partial charge in [-0.3, -0.25) is 0 Å². The number of aryl methyl sites for hydroxylation is 1. The van der Waals surface area contributed by atoms with E-state index >= 15 is 0 Å². The Morgan fingerprint density at radius 2 is 1.95 bits per heavy atom. The molecule has 1 aromatic carbocycles. The maximum Gasteiger partial charge on any atom is 0.240 e. The predicted octanol–water partition coefficient (Wildman–Crippen LogP) is 2.43. The van der Waals surface area contributed by atoms with Gasteiger partial charge < -0.3 is 5.73 Å². The molecule has 2 rings (SSSR count). The van der Waals surface area contributed by atoms with Crippen molar-refractivity contribution in [3.8, 4) is 0 Å². The Morgan fingerprint density at radius 1 is 1.24 bits per heavy atom. The number of nitrogens with two attached hydrogens (primary N) is 1. The van der Waals surface area contributed by atoms with Gasteiger partial charge in [0.05, 0.1) is 4.90 Å². The van der Waals surface area contributed by atoms with Crippen LogP contribution in [-0.4, -0.2) is 21.0 Å². The standard InChI is InChI=1S/C16H26N2O2S/c1-13-4-2-6-15(12-13)18-21(19,20)16-9-7-14(8-10-16)5-3-11-17/h7-10,13,15,18H,2-6,11-12,17H2,1H3. The van der Waals surface area contributed by atoms with Crippen LogP contribution >= 0.6 is 0 Å². The summed E-state index contributed by atoms with van der Waals surface area (Å²) in [5.74, 6) is 0.602. The van der Waals surface area contributed by atoms with Crippen LogP contribution in [0.2, 0.25) is 0 Å². The Bertz CT molecular complexity index is 540. The lowest BCUT2D eigenvalue weighted by molar-refractivity contribution is 0.327. The summed E-state index contributed by atoms with van der Waals surface area (Å²) in [6.45, 7) is 2.84. The van der Waals surface area contributed by atoms with Gasteiger partial charge in [0.25, 0.3) is 0 Å². The Kier molecular flexibility index (Phi) is 5.79. The Morgan fingerprint density at radius 3 is 2.57 bits per heavy atom. The van der Waals surface area contributed by atoms with Crippen molar-refractivity contribution in [2.75, 3.05) is 6.54 Å². The summed E-state index contributed by atoms with van der Waals surface area (Å²) in [5.41, 5.74) is 6.62. The molecule has 2 atom stereocenters. The number of hydrogen-bond donors (Lipinski definition) is 2. The third-order valence-electron chi connectivity index (χ3n) is 4.16. The molecule has 0 saturated heterocycles. The van der Waals surface area contributed by atoms with Crippen molar-refractivity contribution in [1.82, 2.24) is 4.72 Å². The summed E-state index contributed by atoms with van der Waals surface area (Å²) < 4.78 is 27.7. The first-order valence-electron chi connectivity index (χ1n) is 7.82. The van der Waals surface area contributed by atoms with E-state index in [1.807, 2.05) is 12.1 Å². The van der Waals surface area contributed by atoms with E-state index in [0.29, 0.717) is 17.4 Å². The lowest BCUT2D eigenvalue weighted by Gasteiger charge is -2.27. The molecule has 118 valence electrons. The van der Waals surface area contributed by atoms with E-state index in [4.69, 9.17) is 5.73 Å². The van der Waals surface area contributed by atoms with E-state index in [1.165, 1.54) is 6.42 Å². The molecule has 1 aliphatic rings. The fourth-order valence-corrected chi connectivity index (χ4v) is 4.25. The van der Waals surface area contributed by atoms with E-state index in [0.717, 1.165) is 37.7 Å². The molecule has 0 heterocycles. The molecule has 4 nitrogen and oxygen atoms in total. The van der Waals surface area contributed by atoms with Crippen LogP contribution in [0.25, 0.3) is 0 Å². The highest BCUT2D eigenvalue weighted by atomic mass is 32.2. The van der Waals surface area contributed by atoms with Crippen molar-refractivity contribution in [2.45, 2.75) is 56.4 Å². The van der Waals surface area contributed by atoms with Gasteiger partial charge in [-0.05, 0) is 55.8 Å².